The van der Waals surface area contributed by atoms with E-state index in [0.29, 0.717) is 12.4 Å². The summed E-state index contributed by atoms with van der Waals surface area (Å²) in [5.41, 5.74) is 5.74. The molecular weight excluding hydrogens is 452 g/mol. The first-order valence-electron chi connectivity index (χ1n) is 10.3. The van der Waals surface area contributed by atoms with Gasteiger partial charge in [0.1, 0.15) is 5.82 Å². The number of halogens is 1. The summed E-state index contributed by atoms with van der Waals surface area (Å²) in [6, 6.07) is 22.1. The molecule has 0 spiro atoms. The largest absolute Gasteiger partial charge is 0.306 e. The Bertz CT molecular complexity index is 1250. The molecule has 31 heavy (non-hydrogen) atoms. The van der Waals surface area contributed by atoms with Crippen LogP contribution in [0.4, 0.5) is 0 Å². The standard InChI is InChI=1S/C25H21BrN4O/c26-20-9-7-18(8-10-20)22-11-6-17(14-27-22)15-30-13-12-23-21(16-30)25(31)29-24(28-23)19-4-2-1-3-5-19/h1-11,14H,12-13,15-16H2,(H,28,29,31). The molecule has 0 unspecified atom stereocenters. The lowest BCUT2D eigenvalue weighted by atomic mass is 10.1. The minimum Gasteiger partial charge on any atom is -0.306 e. The van der Waals surface area contributed by atoms with E-state index in [1.807, 2.05) is 48.7 Å². The lowest BCUT2D eigenvalue weighted by Crippen LogP contribution is -2.35. The molecule has 0 radical (unpaired) electrons. The van der Waals surface area contributed by atoms with Crippen LogP contribution in [0.2, 0.25) is 0 Å². The van der Waals surface area contributed by atoms with Crippen LogP contribution in [0.5, 0.6) is 0 Å². The number of aromatic amines is 1. The van der Waals surface area contributed by atoms with Gasteiger partial charge in [-0.1, -0.05) is 64.5 Å². The average Bonchev–Trinajstić information content (AvgIpc) is 2.81. The van der Waals surface area contributed by atoms with Gasteiger partial charge >= 0.3 is 0 Å². The van der Waals surface area contributed by atoms with Gasteiger partial charge < -0.3 is 4.98 Å². The molecule has 0 saturated heterocycles. The van der Waals surface area contributed by atoms with E-state index < -0.39 is 0 Å². The van der Waals surface area contributed by atoms with Crippen molar-refractivity contribution in [2.75, 3.05) is 6.54 Å². The number of nitrogens with zero attached hydrogens (tertiary/aromatic N) is 3. The van der Waals surface area contributed by atoms with Gasteiger partial charge in [0.05, 0.1) is 17.0 Å². The second-order valence-corrected chi connectivity index (χ2v) is 8.64. The number of hydrogen-bond acceptors (Lipinski definition) is 4. The van der Waals surface area contributed by atoms with Crippen molar-refractivity contribution >= 4 is 15.9 Å². The topological polar surface area (TPSA) is 61.9 Å². The molecule has 0 amide bonds. The third-order valence-electron chi connectivity index (χ3n) is 5.57. The van der Waals surface area contributed by atoms with Crippen LogP contribution in [0.15, 0.2) is 82.2 Å². The summed E-state index contributed by atoms with van der Waals surface area (Å²) < 4.78 is 1.05. The van der Waals surface area contributed by atoms with Crippen molar-refractivity contribution in [1.82, 2.24) is 19.9 Å². The second-order valence-electron chi connectivity index (χ2n) is 7.73. The Morgan fingerprint density at radius 3 is 2.52 bits per heavy atom. The van der Waals surface area contributed by atoms with E-state index >= 15 is 0 Å². The SMILES string of the molecule is O=c1[nH]c(-c2ccccc2)nc2c1CN(Cc1ccc(-c3ccc(Br)cc3)nc1)CC2. The number of nitrogens with one attached hydrogen (secondary N) is 1. The summed E-state index contributed by atoms with van der Waals surface area (Å²) in [4.78, 5) is 27.3. The van der Waals surface area contributed by atoms with Crippen LogP contribution < -0.4 is 5.56 Å². The van der Waals surface area contributed by atoms with Crippen molar-refractivity contribution in [3.05, 3.63) is 105 Å². The first-order chi connectivity index (χ1) is 15.2. The van der Waals surface area contributed by atoms with Crippen molar-refractivity contribution < 1.29 is 0 Å². The van der Waals surface area contributed by atoms with Crippen molar-refractivity contribution in [2.45, 2.75) is 19.5 Å². The highest BCUT2D eigenvalue weighted by Gasteiger charge is 2.21. The molecule has 0 fully saturated rings. The second kappa shape index (κ2) is 8.57. The van der Waals surface area contributed by atoms with Crippen LogP contribution in [-0.2, 0) is 19.5 Å². The monoisotopic (exact) mass is 472 g/mol. The lowest BCUT2D eigenvalue weighted by Gasteiger charge is -2.27. The Labute approximate surface area is 189 Å². The maximum absolute atomic E-state index is 12.7. The number of fused-ring (bicyclic) bond motifs is 1. The van der Waals surface area contributed by atoms with E-state index in [1.165, 1.54) is 0 Å². The zero-order valence-corrected chi connectivity index (χ0v) is 18.5. The minimum absolute atomic E-state index is 0.0442. The van der Waals surface area contributed by atoms with Crippen LogP contribution in [0, 0.1) is 0 Å². The maximum Gasteiger partial charge on any atom is 0.255 e. The van der Waals surface area contributed by atoms with E-state index in [9.17, 15) is 4.79 Å². The molecule has 4 aromatic rings. The molecule has 0 bridgehead atoms. The molecule has 5 nitrogen and oxygen atoms in total. The van der Waals surface area contributed by atoms with Gasteiger partial charge in [0.15, 0.2) is 0 Å². The Kier molecular flexibility index (Phi) is 5.49. The zero-order chi connectivity index (χ0) is 21.2. The molecule has 5 rings (SSSR count). The highest BCUT2D eigenvalue weighted by Crippen LogP contribution is 2.22. The molecule has 154 valence electrons. The van der Waals surface area contributed by atoms with Crippen molar-refractivity contribution in [2.24, 2.45) is 0 Å². The van der Waals surface area contributed by atoms with Crippen LogP contribution >= 0.6 is 15.9 Å². The van der Waals surface area contributed by atoms with Gasteiger partial charge in [0.25, 0.3) is 5.56 Å². The molecule has 0 atom stereocenters. The molecule has 0 saturated carbocycles. The lowest BCUT2D eigenvalue weighted by molar-refractivity contribution is 0.241. The fourth-order valence-corrected chi connectivity index (χ4v) is 4.18. The van der Waals surface area contributed by atoms with E-state index in [-0.39, 0.29) is 5.56 Å². The van der Waals surface area contributed by atoms with Gasteiger partial charge in [-0.2, -0.15) is 0 Å². The van der Waals surface area contributed by atoms with E-state index in [2.05, 4.69) is 55.1 Å². The molecule has 3 heterocycles. The number of aromatic nitrogens is 3. The van der Waals surface area contributed by atoms with Gasteiger partial charge in [0.2, 0.25) is 0 Å². The quantitative estimate of drug-likeness (QED) is 0.462. The molecular formula is C25H21BrN4O. The summed E-state index contributed by atoms with van der Waals surface area (Å²) in [6.45, 7) is 2.22. The Morgan fingerprint density at radius 2 is 1.77 bits per heavy atom. The fraction of sp³-hybridized carbons (Fsp3) is 0.160. The third kappa shape index (κ3) is 4.36. The van der Waals surface area contributed by atoms with E-state index in [1.54, 1.807) is 0 Å². The normalized spacial score (nSPS) is 13.7. The number of rotatable bonds is 4. The maximum atomic E-state index is 12.7. The predicted octanol–water partition coefficient (Wildman–Crippen LogP) is 4.82. The summed E-state index contributed by atoms with van der Waals surface area (Å²) in [5.74, 6) is 0.644. The molecule has 2 aromatic heterocycles. The number of H-pyrrole nitrogens is 1. The highest BCUT2D eigenvalue weighted by molar-refractivity contribution is 9.10. The zero-order valence-electron chi connectivity index (χ0n) is 16.9. The van der Waals surface area contributed by atoms with Gasteiger partial charge in [-0.15, -0.1) is 0 Å². The van der Waals surface area contributed by atoms with Crippen LogP contribution in [0.25, 0.3) is 22.6 Å². The third-order valence-corrected chi connectivity index (χ3v) is 6.09. The Morgan fingerprint density at radius 1 is 0.968 bits per heavy atom. The van der Waals surface area contributed by atoms with Gasteiger partial charge in [-0.3, -0.25) is 14.7 Å². The number of hydrogen-bond donors (Lipinski definition) is 1. The first kappa shape index (κ1) is 19.8. The molecule has 1 aliphatic heterocycles. The molecule has 1 aliphatic rings. The molecule has 1 N–H and O–H groups in total. The van der Waals surface area contributed by atoms with Gasteiger partial charge in [0, 0.05) is 47.9 Å². The first-order valence-corrected chi connectivity index (χ1v) is 11.1. The van der Waals surface area contributed by atoms with Crippen LogP contribution in [0.3, 0.4) is 0 Å². The van der Waals surface area contributed by atoms with Crippen molar-refractivity contribution in [3.8, 4) is 22.6 Å². The van der Waals surface area contributed by atoms with Crippen LogP contribution in [-0.4, -0.2) is 26.4 Å². The molecule has 0 aliphatic carbocycles. The summed E-state index contributed by atoms with van der Waals surface area (Å²) in [7, 11) is 0. The Balaban J connectivity index is 1.31. The summed E-state index contributed by atoms with van der Waals surface area (Å²) >= 11 is 3.46. The molecule has 6 heteroatoms. The average molecular weight is 473 g/mol. The van der Waals surface area contributed by atoms with E-state index in [4.69, 9.17) is 4.98 Å². The number of benzene rings is 2. The number of pyridine rings is 1. The minimum atomic E-state index is -0.0442. The molecule has 2 aromatic carbocycles. The van der Waals surface area contributed by atoms with E-state index in [0.717, 1.165) is 57.6 Å². The summed E-state index contributed by atoms with van der Waals surface area (Å²) in [6.07, 6.45) is 2.69. The Hall–Kier alpha value is -3.09. The van der Waals surface area contributed by atoms with Gasteiger partial charge in [-0.05, 0) is 23.8 Å². The highest BCUT2D eigenvalue weighted by atomic mass is 79.9. The van der Waals surface area contributed by atoms with Crippen molar-refractivity contribution in [1.29, 1.82) is 0 Å². The predicted molar refractivity (Wildman–Crippen MR) is 125 cm³/mol. The van der Waals surface area contributed by atoms with Crippen LogP contribution in [0.1, 0.15) is 16.8 Å². The smallest absolute Gasteiger partial charge is 0.255 e. The van der Waals surface area contributed by atoms with Crippen molar-refractivity contribution in [3.63, 3.8) is 0 Å². The summed E-state index contributed by atoms with van der Waals surface area (Å²) in [5, 5.41) is 0. The van der Waals surface area contributed by atoms with Gasteiger partial charge in [-0.25, -0.2) is 4.98 Å². The fourth-order valence-electron chi connectivity index (χ4n) is 3.92.